The van der Waals surface area contributed by atoms with Crippen molar-refractivity contribution in [3.05, 3.63) is 29.0 Å². The van der Waals surface area contributed by atoms with Gasteiger partial charge >= 0.3 is 12.1 Å². The number of likely N-dealkylation sites (tertiary alicyclic amines) is 1. The molecule has 45 heavy (non-hydrogen) atoms. The number of halogens is 4. The molecule has 10 nitrogen and oxygen atoms in total. The number of amides is 4. The van der Waals surface area contributed by atoms with E-state index in [4.69, 9.17) is 0 Å². The van der Waals surface area contributed by atoms with Crippen LogP contribution in [0.5, 0.6) is 0 Å². The first-order chi connectivity index (χ1) is 20.8. The van der Waals surface area contributed by atoms with Gasteiger partial charge in [-0.25, -0.2) is 9.37 Å². The number of ketones is 1. The average Bonchev–Trinajstić information content (AvgIpc) is 3.45. The van der Waals surface area contributed by atoms with Gasteiger partial charge in [-0.3, -0.25) is 24.0 Å². The molecule has 2 aromatic rings. The molecule has 3 heterocycles. The number of nitrogens with zero attached hydrogens (tertiary/aromatic N) is 2. The molecule has 3 fully saturated rings. The number of carbonyl (C=O) groups excluding carboxylic acids is 5. The predicted molar refractivity (Wildman–Crippen MR) is 155 cm³/mol. The molecule has 5 rings (SSSR count). The Balaban J connectivity index is 1.44. The molecule has 2 saturated heterocycles. The maximum Gasteiger partial charge on any atom is 0.471 e. The lowest BCUT2D eigenvalue weighted by Gasteiger charge is -2.38. The predicted octanol–water partition coefficient (Wildman–Crippen LogP) is 3.21. The molecule has 0 radical (unpaired) electrons. The minimum absolute atomic E-state index is 0.00111. The third-order valence-electron chi connectivity index (χ3n) is 9.30. The number of piperidine rings is 1. The molecule has 0 bridgehead atoms. The van der Waals surface area contributed by atoms with Crippen LogP contribution in [0.2, 0.25) is 0 Å². The van der Waals surface area contributed by atoms with E-state index in [1.165, 1.54) is 37.8 Å². The maximum absolute atomic E-state index is 14.4. The van der Waals surface area contributed by atoms with Gasteiger partial charge in [0.25, 0.3) is 0 Å². The van der Waals surface area contributed by atoms with E-state index >= 15 is 0 Å². The Labute approximate surface area is 260 Å². The molecular weight excluding hydrogens is 618 g/mol. The lowest BCUT2D eigenvalue weighted by molar-refractivity contribution is -0.176. The fourth-order valence-corrected chi connectivity index (χ4v) is 7.63. The third kappa shape index (κ3) is 6.15. The highest BCUT2D eigenvalue weighted by molar-refractivity contribution is 7.20. The van der Waals surface area contributed by atoms with Crippen molar-refractivity contribution in [1.29, 1.82) is 0 Å². The topological polar surface area (TPSA) is 138 Å². The van der Waals surface area contributed by atoms with Crippen LogP contribution in [-0.4, -0.2) is 76.7 Å². The fourth-order valence-electron chi connectivity index (χ4n) is 6.65. The van der Waals surface area contributed by atoms with E-state index in [1.807, 2.05) is 19.2 Å². The smallest absolute Gasteiger partial charge is 0.356 e. The molecule has 0 unspecified atom stereocenters. The number of carbonyl (C=O) groups is 5. The number of nitrogens with one attached hydrogen (secondary N) is 3. The summed E-state index contributed by atoms with van der Waals surface area (Å²) in [4.78, 5) is 71.4. The molecule has 1 saturated carbocycles. The molecule has 3 aliphatic rings. The van der Waals surface area contributed by atoms with Gasteiger partial charge in [0.2, 0.25) is 23.5 Å². The Morgan fingerprint density at radius 2 is 1.84 bits per heavy atom. The van der Waals surface area contributed by atoms with Crippen LogP contribution in [0.15, 0.2) is 18.2 Å². The zero-order valence-electron chi connectivity index (χ0n) is 25.4. The number of para-hydroxylation sites is 1. The highest BCUT2D eigenvalue weighted by atomic mass is 32.1. The normalized spacial score (nSPS) is 25.4. The molecule has 1 aromatic carbocycles. The van der Waals surface area contributed by atoms with Gasteiger partial charge in [-0.05, 0) is 47.6 Å². The minimum Gasteiger partial charge on any atom is -0.356 e. The van der Waals surface area contributed by atoms with Crippen molar-refractivity contribution in [2.75, 3.05) is 13.1 Å². The summed E-state index contributed by atoms with van der Waals surface area (Å²) in [5.74, 6) is -6.45. The Kier molecular flexibility index (Phi) is 8.24. The zero-order chi connectivity index (χ0) is 33.2. The Morgan fingerprint density at radius 1 is 1.16 bits per heavy atom. The largest absolute Gasteiger partial charge is 0.471 e. The zero-order valence-corrected chi connectivity index (χ0v) is 26.2. The molecule has 6 atom stereocenters. The number of hydrogen-bond donors (Lipinski definition) is 3. The quantitative estimate of drug-likeness (QED) is 0.296. The number of alkyl halides is 3. The van der Waals surface area contributed by atoms with Crippen LogP contribution < -0.4 is 16.0 Å². The van der Waals surface area contributed by atoms with Crippen molar-refractivity contribution < 1.29 is 41.5 Å². The first-order valence-corrected chi connectivity index (χ1v) is 15.5. The second-order valence-corrected chi connectivity index (χ2v) is 14.7. The van der Waals surface area contributed by atoms with E-state index in [0.29, 0.717) is 17.7 Å². The van der Waals surface area contributed by atoms with Crippen LogP contribution >= 0.6 is 11.3 Å². The van der Waals surface area contributed by atoms with Crippen molar-refractivity contribution in [3.8, 4) is 0 Å². The van der Waals surface area contributed by atoms with Gasteiger partial charge in [0.05, 0.1) is 10.7 Å². The van der Waals surface area contributed by atoms with Crippen LogP contribution in [0.3, 0.4) is 0 Å². The van der Waals surface area contributed by atoms with E-state index in [1.54, 1.807) is 6.07 Å². The van der Waals surface area contributed by atoms with Crippen LogP contribution in [0, 0.1) is 34.4 Å². The number of aromatic nitrogens is 1. The Morgan fingerprint density at radius 3 is 2.42 bits per heavy atom. The molecule has 1 aliphatic carbocycles. The number of hydrogen-bond acceptors (Lipinski definition) is 7. The van der Waals surface area contributed by atoms with E-state index < -0.39 is 65.0 Å². The number of fused-ring (bicyclic) bond motifs is 2. The molecule has 1 aromatic heterocycles. The minimum atomic E-state index is -5.22. The lowest BCUT2D eigenvalue weighted by Crippen LogP contribution is -2.61. The molecular formula is C30H35F4N5O5S. The van der Waals surface area contributed by atoms with Gasteiger partial charge in [-0.15, -0.1) is 11.3 Å². The summed E-state index contributed by atoms with van der Waals surface area (Å²) in [6, 6.07) is 0.292. The van der Waals surface area contributed by atoms with Crippen molar-refractivity contribution in [2.45, 2.75) is 71.8 Å². The third-order valence-corrected chi connectivity index (χ3v) is 10.3. The van der Waals surface area contributed by atoms with E-state index in [9.17, 15) is 41.5 Å². The highest BCUT2D eigenvalue weighted by Crippen LogP contribution is 2.65. The number of benzene rings is 1. The van der Waals surface area contributed by atoms with Gasteiger partial charge in [0.1, 0.15) is 23.4 Å². The van der Waals surface area contributed by atoms with Crippen LogP contribution in [0.25, 0.3) is 10.2 Å². The molecule has 0 spiro atoms. The van der Waals surface area contributed by atoms with E-state index in [2.05, 4.69) is 15.6 Å². The summed E-state index contributed by atoms with van der Waals surface area (Å²) < 4.78 is 54.3. The van der Waals surface area contributed by atoms with Crippen LogP contribution in [0.1, 0.15) is 57.3 Å². The molecule has 244 valence electrons. The SMILES string of the molecule is CC(C)(C)[C@H](NC(=O)C(F)(F)F)C(=O)N1C[C@H]2[C@@H]([C@H]1C(=O)N[C@@H](C[C@@H]1CCNC1=O)C(=O)c1nc3c(F)cccc3s1)C2(C)C. The summed E-state index contributed by atoms with van der Waals surface area (Å²) in [6.45, 7) is 8.81. The monoisotopic (exact) mass is 653 g/mol. The average molecular weight is 654 g/mol. The van der Waals surface area contributed by atoms with E-state index in [0.717, 1.165) is 11.3 Å². The number of thiazole rings is 1. The van der Waals surface area contributed by atoms with Gasteiger partial charge in [-0.1, -0.05) is 40.7 Å². The number of Topliss-reactive ketones (excluding diaryl/α,β-unsaturated/α-hetero) is 1. The lowest BCUT2D eigenvalue weighted by atomic mass is 9.85. The first kappa shape index (κ1) is 32.8. The number of rotatable bonds is 8. The van der Waals surface area contributed by atoms with Crippen molar-refractivity contribution in [1.82, 2.24) is 25.8 Å². The summed E-state index contributed by atoms with van der Waals surface area (Å²) in [5.41, 5.74) is -1.52. The molecule has 4 amide bonds. The Hall–Kier alpha value is -3.62. The summed E-state index contributed by atoms with van der Waals surface area (Å²) >= 11 is 0.945. The van der Waals surface area contributed by atoms with Crippen LogP contribution in [0.4, 0.5) is 17.6 Å². The fraction of sp³-hybridized carbons (Fsp3) is 0.600. The van der Waals surface area contributed by atoms with Crippen LogP contribution in [-0.2, 0) is 19.2 Å². The summed E-state index contributed by atoms with van der Waals surface area (Å²) in [5, 5.41) is 7.17. The van der Waals surface area contributed by atoms with Crippen molar-refractivity contribution >= 4 is 51.0 Å². The highest BCUT2D eigenvalue weighted by Gasteiger charge is 2.70. The standard InChI is InChI=1S/C30H35F4N5O5S/c1-28(2,3)22(38-27(44)30(32,33)34)26(43)39-12-14-18(29(14,4)5)20(39)24(42)36-16(11-13-9-10-35-23(13)41)21(40)25-37-19-15(31)7-6-8-17(19)45-25/h6-8,13-14,16,18,20,22H,9-12H2,1-5H3,(H,35,41)(H,36,42)(H,38,44)/t13-,14-,16-,18-,20-,22+/m0/s1. The van der Waals surface area contributed by atoms with Crippen molar-refractivity contribution in [2.24, 2.45) is 28.6 Å². The first-order valence-electron chi connectivity index (χ1n) is 14.7. The van der Waals surface area contributed by atoms with Crippen molar-refractivity contribution in [3.63, 3.8) is 0 Å². The summed E-state index contributed by atoms with van der Waals surface area (Å²) in [6.07, 6.45) is -4.87. The van der Waals surface area contributed by atoms with Gasteiger partial charge < -0.3 is 20.9 Å². The van der Waals surface area contributed by atoms with E-state index in [-0.39, 0.29) is 46.6 Å². The Bertz CT molecular complexity index is 1570. The van der Waals surface area contributed by atoms with Gasteiger partial charge in [0, 0.05) is 19.0 Å². The molecule has 3 N–H and O–H groups in total. The second-order valence-electron chi connectivity index (χ2n) is 13.7. The molecule has 15 heteroatoms. The maximum atomic E-state index is 14.4. The molecule has 2 aliphatic heterocycles. The van der Waals surface area contributed by atoms with Gasteiger partial charge in [0.15, 0.2) is 5.01 Å². The second kappa shape index (κ2) is 11.3. The van der Waals surface area contributed by atoms with Gasteiger partial charge in [-0.2, -0.15) is 13.2 Å². The summed E-state index contributed by atoms with van der Waals surface area (Å²) in [7, 11) is 0.